The molecule has 3 rings (SSSR count). The first kappa shape index (κ1) is 19.1. The van der Waals surface area contributed by atoms with E-state index in [1.54, 1.807) is 20.5 Å². The van der Waals surface area contributed by atoms with E-state index in [1.165, 1.54) is 11.1 Å². The SMILES string of the molecule is COc1ccc(CNCCC(Cc2ccccc2)c2ccco2)cc1OC. The van der Waals surface area contributed by atoms with Crippen LogP contribution in [0, 0.1) is 0 Å². The third-order valence-electron chi connectivity index (χ3n) is 4.72. The minimum absolute atomic E-state index is 0.361. The molecule has 0 bridgehead atoms. The fraction of sp³-hybridized carbons (Fsp3) is 0.304. The maximum absolute atomic E-state index is 5.68. The van der Waals surface area contributed by atoms with Crippen LogP contribution in [0.1, 0.15) is 29.2 Å². The minimum atomic E-state index is 0.361. The normalized spacial score (nSPS) is 11.9. The Kier molecular flexibility index (Phi) is 6.94. The van der Waals surface area contributed by atoms with Crippen molar-refractivity contribution >= 4 is 0 Å². The van der Waals surface area contributed by atoms with Crippen molar-refractivity contribution in [3.05, 3.63) is 83.8 Å². The van der Waals surface area contributed by atoms with E-state index >= 15 is 0 Å². The zero-order valence-electron chi connectivity index (χ0n) is 16.0. The Labute approximate surface area is 161 Å². The largest absolute Gasteiger partial charge is 0.493 e. The van der Waals surface area contributed by atoms with E-state index in [0.29, 0.717) is 5.92 Å². The number of furan rings is 1. The van der Waals surface area contributed by atoms with E-state index in [2.05, 4.69) is 47.8 Å². The molecule has 0 aliphatic rings. The Morgan fingerprint density at radius 2 is 1.70 bits per heavy atom. The average molecular weight is 365 g/mol. The highest BCUT2D eigenvalue weighted by molar-refractivity contribution is 5.42. The van der Waals surface area contributed by atoms with Crippen molar-refractivity contribution in [1.29, 1.82) is 0 Å². The first-order chi connectivity index (χ1) is 13.3. The van der Waals surface area contributed by atoms with E-state index in [9.17, 15) is 0 Å². The summed E-state index contributed by atoms with van der Waals surface area (Å²) in [6.07, 6.45) is 3.74. The molecule has 1 N–H and O–H groups in total. The zero-order chi connectivity index (χ0) is 18.9. The third-order valence-corrected chi connectivity index (χ3v) is 4.72. The van der Waals surface area contributed by atoms with Gasteiger partial charge in [-0.15, -0.1) is 0 Å². The standard InChI is InChI=1S/C23H27NO3/c1-25-22-11-10-19(16-23(22)26-2)17-24-13-12-20(21-9-6-14-27-21)15-18-7-4-3-5-8-18/h3-11,14,16,20,24H,12-13,15,17H2,1-2H3. The number of rotatable bonds is 10. The second-order valence-electron chi connectivity index (χ2n) is 6.56. The highest BCUT2D eigenvalue weighted by Crippen LogP contribution is 2.28. The van der Waals surface area contributed by atoms with Gasteiger partial charge in [-0.3, -0.25) is 0 Å². The van der Waals surface area contributed by atoms with E-state index in [1.807, 2.05) is 18.2 Å². The highest BCUT2D eigenvalue weighted by atomic mass is 16.5. The molecule has 0 radical (unpaired) electrons. The monoisotopic (exact) mass is 365 g/mol. The van der Waals surface area contributed by atoms with Crippen LogP contribution in [-0.4, -0.2) is 20.8 Å². The van der Waals surface area contributed by atoms with Crippen LogP contribution in [0.5, 0.6) is 11.5 Å². The molecular weight excluding hydrogens is 338 g/mol. The van der Waals surface area contributed by atoms with Gasteiger partial charge in [-0.2, -0.15) is 0 Å². The van der Waals surface area contributed by atoms with E-state index < -0.39 is 0 Å². The smallest absolute Gasteiger partial charge is 0.161 e. The van der Waals surface area contributed by atoms with Crippen molar-refractivity contribution in [1.82, 2.24) is 5.32 Å². The summed E-state index contributed by atoms with van der Waals surface area (Å²) in [7, 11) is 3.31. The molecule has 2 aromatic carbocycles. The van der Waals surface area contributed by atoms with Crippen LogP contribution in [0.3, 0.4) is 0 Å². The molecule has 4 heteroatoms. The summed E-state index contributed by atoms with van der Waals surface area (Å²) in [5.41, 5.74) is 2.50. The lowest BCUT2D eigenvalue weighted by atomic mass is 9.94. The van der Waals surface area contributed by atoms with Crippen molar-refractivity contribution in [3.8, 4) is 11.5 Å². The molecule has 4 nitrogen and oxygen atoms in total. The van der Waals surface area contributed by atoms with Crippen molar-refractivity contribution in [3.63, 3.8) is 0 Å². The molecule has 0 aliphatic heterocycles. The van der Waals surface area contributed by atoms with Gasteiger partial charge >= 0.3 is 0 Å². The van der Waals surface area contributed by atoms with Gasteiger partial charge in [0.15, 0.2) is 11.5 Å². The number of methoxy groups -OCH3 is 2. The Morgan fingerprint density at radius 1 is 0.889 bits per heavy atom. The molecule has 0 amide bonds. The van der Waals surface area contributed by atoms with Gasteiger partial charge in [0.2, 0.25) is 0 Å². The van der Waals surface area contributed by atoms with Crippen LogP contribution in [0.2, 0.25) is 0 Å². The van der Waals surface area contributed by atoms with Crippen LogP contribution in [0.25, 0.3) is 0 Å². The van der Waals surface area contributed by atoms with Crippen LogP contribution >= 0.6 is 0 Å². The topological polar surface area (TPSA) is 43.6 Å². The van der Waals surface area contributed by atoms with Crippen LogP contribution < -0.4 is 14.8 Å². The Balaban J connectivity index is 1.55. The van der Waals surface area contributed by atoms with Crippen molar-refractivity contribution in [2.24, 2.45) is 0 Å². The Hall–Kier alpha value is -2.72. The summed E-state index contributed by atoms with van der Waals surface area (Å²) >= 11 is 0. The molecule has 1 atom stereocenters. The van der Waals surface area contributed by atoms with Crippen LogP contribution in [0.4, 0.5) is 0 Å². The number of nitrogens with one attached hydrogen (secondary N) is 1. The zero-order valence-corrected chi connectivity index (χ0v) is 16.0. The van der Waals surface area contributed by atoms with Gasteiger partial charge in [-0.05, 0) is 54.8 Å². The molecule has 1 unspecified atom stereocenters. The fourth-order valence-corrected chi connectivity index (χ4v) is 3.27. The molecular formula is C23H27NO3. The number of hydrogen-bond acceptors (Lipinski definition) is 4. The first-order valence-corrected chi connectivity index (χ1v) is 9.29. The third kappa shape index (κ3) is 5.38. The summed E-state index contributed by atoms with van der Waals surface area (Å²) in [5.74, 6) is 2.92. The summed E-state index contributed by atoms with van der Waals surface area (Å²) in [6, 6.07) is 20.6. The second-order valence-corrected chi connectivity index (χ2v) is 6.56. The molecule has 0 fully saturated rings. The van der Waals surface area contributed by atoms with Gasteiger partial charge in [0.1, 0.15) is 5.76 Å². The predicted octanol–water partition coefficient (Wildman–Crippen LogP) is 4.80. The van der Waals surface area contributed by atoms with E-state index in [0.717, 1.165) is 43.2 Å². The lowest BCUT2D eigenvalue weighted by molar-refractivity contribution is 0.354. The maximum Gasteiger partial charge on any atom is 0.161 e. The highest BCUT2D eigenvalue weighted by Gasteiger charge is 2.15. The molecule has 27 heavy (non-hydrogen) atoms. The van der Waals surface area contributed by atoms with Gasteiger partial charge < -0.3 is 19.2 Å². The van der Waals surface area contributed by atoms with Crippen LogP contribution in [0.15, 0.2) is 71.3 Å². The summed E-state index contributed by atoms with van der Waals surface area (Å²) in [4.78, 5) is 0. The van der Waals surface area contributed by atoms with E-state index in [4.69, 9.17) is 13.9 Å². The second kappa shape index (κ2) is 9.83. The Bertz CT molecular complexity index is 800. The average Bonchev–Trinajstić information content (AvgIpc) is 3.25. The van der Waals surface area contributed by atoms with Gasteiger partial charge in [0.25, 0.3) is 0 Å². The summed E-state index contributed by atoms with van der Waals surface area (Å²) in [5, 5.41) is 3.53. The molecule has 0 spiro atoms. The van der Waals surface area contributed by atoms with Gasteiger partial charge in [-0.1, -0.05) is 36.4 Å². The van der Waals surface area contributed by atoms with Gasteiger partial charge in [0.05, 0.1) is 20.5 Å². The lowest BCUT2D eigenvalue weighted by Crippen LogP contribution is -2.18. The number of ether oxygens (including phenoxy) is 2. The lowest BCUT2D eigenvalue weighted by Gasteiger charge is -2.16. The van der Waals surface area contributed by atoms with Gasteiger partial charge in [-0.25, -0.2) is 0 Å². The molecule has 1 aromatic heterocycles. The molecule has 142 valence electrons. The van der Waals surface area contributed by atoms with Crippen molar-refractivity contribution in [2.45, 2.75) is 25.3 Å². The molecule has 3 aromatic rings. The summed E-state index contributed by atoms with van der Waals surface area (Å²) in [6.45, 7) is 1.70. The maximum atomic E-state index is 5.68. The molecule has 0 saturated carbocycles. The summed E-state index contributed by atoms with van der Waals surface area (Å²) < 4.78 is 16.3. The first-order valence-electron chi connectivity index (χ1n) is 9.29. The van der Waals surface area contributed by atoms with E-state index in [-0.39, 0.29) is 0 Å². The predicted molar refractivity (Wildman–Crippen MR) is 107 cm³/mol. The van der Waals surface area contributed by atoms with Gasteiger partial charge in [0, 0.05) is 12.5 Å². The minimum Gasteiger partial charge on any atom is -0.493 e. The quantitative estimate of drug-likeness (QED) is 0.524. The van der Waals surface area contributed by atoms with Crippen LogP contribution in [-0.2, 0) is 13.0 Å². The number of hydrogen-bond donors (Lipinski definition) is 1. The molecule has 0 aliphatic carbocycles. The molecule has 1 heterocycles. The van der Waals surface area contributed by atoms with Crippen molar-refractivity contribution < 1.29 is 13.9 Å². The fourth-order valence-electron chi connectivity index (χ4n) is 3.27. The molecule has 0 saturated heterocycles. The number of benzene rings is 2. The Morgan fingerprint density at radius 3 is 2.41 bits per heavy atom. The van der Waals surface area contributed by atoms with Crippen molar-refractivity contribution in [2.75, 3.05) is 20.8 Å².